The summed E-state index contributed by atoms with van der Waals surface area (Å²) in [5, 5.41) is 0. The number of pyridine rings is 2. The van der Waals surface area contributed by atoms with Gasteiger partial charge in [-0.25, -0.2) is 4.98 Å². The van der Waals surface area contributed by atoms with Crippen LogP contribution in [0.5, 0.6) is 5.88 Å². The Hall–Kier alpha value is -2.47. The van der Waals surface area contributed by atoms with E-state index in [0.717, 1.165) is 38.2 Å². The zero-order chi connectivity index (χ0) is 16.1. The van der Waals surface area contributed by atoms with Gasteiger partial charge in [-0.1, -0.05) is 6.07 Å². The third-order valence-electron chi connectivity index (χ3n) is 3.95. The van der Waals surface area contributed by atoms with Crippen LogP contribution in [0.15, 0.2) is 42.7 Å². The molecule has 0 aromatic carbocycles. The number of nitrogens with zero attached hydrogens (tertiary/aromatic N) is 3. The van der Waals surface area contributed by atoms with Crippen molar-refractivity contribution in [3.05, 3.63) is 54.0 Å². The summed E-state index contributed by atoms with van der Waals surface area (Å²) >= 11 is 0. The number of aromatic nitrogens is 2. The molecule has 0 bridgehead atoms. The standard InChI is InChI=1S/C17H20N4O2/c18-17(22)13-4-5-16(20-11-13)23-15-6-9-21(10-7-15)12-14-3-1-2-8-19-14/h1-5,8,11,15H,6-7,9-10,12H2,(H2,18,22). The van der Waals surface area contributed by atoms with Crippen LogP contribution < -0.4 is 10.5 Å². The number of rotatable bonds is 5. The van der Waals surface area contributed by atoms with Crippen LogP contribution in [-0.4, -0.2) is 40.0 Å². The summed E-state index contributed by atoms with van der Waals surface area (Å²) in [6, 6.07) is 9.33. The Morgan fingerprint density at radius 1 is 1.22 bits per heavy atom. The molecule has 1 aliphatic heterocycles. The van der Waals surface area contributed by atoms with Crippen molar-refractivity contribution >= 4 is 5.91 Å². The lowest BCUT2D eigenvalue weighted by Gasteiger charge is -2.31. The maximum atomic E-state index is 11.0. The lowest BCUT2D eigenvalue weighted by Crippen LogP contribution is -2.38. The predicted molar refractivity (Wildman–Crippen MR) is 85.9 cm³/mol. The average molecular weight is 312 g/mol. The van der Waals surface area contributed by atoms with Crippen molar-refractivity contribution in [2.24, 2.45) is 5.73 Å². The van der Waals surface area contributed by atoms with Crippen LogP contribution in [0, 0.1) is 0 Å². The van der Waals surface area contributed by atoms with E-state index >= 15 is 0 Å². The van der Waals surface area contributed by atoms with Gasteiger partial charge >= 0.3 is 0 Å². The van der Waals surface area contributed by atoms with Gasteiger partial charge in [-0.3, -0.25) is 14.7 Å². The topological polar surface area (TPSA) is 81.3 Å². The number of nitrogens with two attached hydrogens (primary N) is 1. The van der Waals surface area contributed by atoms with Gasteiger partial charge in [0.1, 0.15) is 6.10 Å². The number of amides is 1. The Kier molecular flexibility index (Phi) is 4.83. The molecule has 6 nitrogen and oxygen atoms in total. The van der Waals surface area contributed by atoms with E-state index in [0.29, 0.717) is 11.4 Å². The summed E-state index contributed by atoms with van der Waals surface area (Å²) < 4.78 is 5.88. The van der Waals surface area contributed by atoms with Crippen molar-refractivity contribution in [3.63, 3.8) is 0 Å². The second-order valence-electron chi connectivity index (χ2n) is 5.66. The second kappa shape index (κ2) is 7.19. The Labute approximate surface area is 135 Å². The zero-order valence-corrected chi connectivity index (χ0v) is 12.9. The third-order valence-corrected chi connectivity index (χ3v) is 3.95. The summed E-state index contributed by atoms with van der Waals surface area (Å²) in [4.78, 5) is 21.9. The van der Waals surface area contributed by atoms with Gasteiger partial charge in [0.2, 0.25) is 11.8 Å². The molecule has 0 saturated carbocycles. The molecule has 1 aliphatic rings. The molecule has 2 N–H and O–H groups in total. The van der Waals surface area contributed by atoms with Crippen LogP contribution in [0.2, 0.25) is 0 Å². The van der Waals surface area contributed by atoms with Gasteiger partial charge < -0.3 is 10.5 Å². The maximum Gasteiger partial charge on any atom is 0.250 e. The van der Waals surface area contributed by atoms with E-state index in [1.807, 2.05) is 24.4 Å². The molecule has 0 aliphatic carbocycles. The van der Waals surface area contributed by atoms with Crippen molar-refractivity contribution in [2.75, 3.05) is 13.1 Å². The highest BCUT2D eigenvalue weighted by Gasteiger charge is 2.21. The molecule has 1 amide bonds. The molecule has 6 heteroatoms. The molecule has 0 atom stereocenters. The van der Waals surface area contributed by atoms with Gasteiger partial charge in [-0.05, 0) is 31.0 Å². The molecule has 3 heterocycles. The Morgan fingerprint density at radius 2 is 2.04 bits per heavy atom. The maximum absolute atomic E-state index is 11.0. The number of carbonyl (C=O) groups is 1. The van der Waals surface area contributed by atoms with Gasteiger partial charge in [-0.15, -0.1) is 0 Å². The van der Waals surface area contributed by atoms with Crippen LogP contribution in [0.1, 0.15) is 28.9 Å². The van der Waals surface area contributed by atoms with Gasteiger partial charge in [0.25, 0.3) is 0 Å². The molecule has 23 heavy (non-hydrogen) atoms. The number of ether oxygens (including phenoxy) is 1. The quantitative estimate of drug-likeness (QED) is 0.907. The first-order chi connectivity index (χ1) is 11.2. The summed E-state index contributed by atoms with van der Waals surface area (Å²) in [7, 11) is 0. The molecular formula is C17H20N4O2. The van der Waals surface area contributed by atoms with E-state index in [2.05, 4.69) is 14.9 Å². The van der Waals surface area contributed by atoms with Crippen molar-refractivity contribution in [1.29, 1.82) is 0 Å². The molecule has 3 rings (SSSR count). The third kappa shape index (κ3) is 4.26. The summed E-state index contributed by atoms with van der Waals surface area (Å²) in [5.41, 5.74) is 6.68. The van der Waals surface area contributed by atoms with E-state index in [1.165, 1.54) is 6.20 Å². The smallest absolute Gasteiger partial charge is 0.250 e. The monoisotopic (exact) mass is 312 g/mol. The number of piperidine rings is 1. The molecule has 1 fully saturated rings. The minimum Gasteiger partial charge on any atom is -0.474 e. The normalized spacial score (nSPS) is 16.2. The van der Waals surface area contributed by atoms with Crippen molar-refractivity contribution < 1.29 is 9.53 Å². The number of hydrogen-bond acceptors (Lipinski definition) is 5. The van der Waals surface area contributed by atoms with Gasteiger partial charge in [-0.2, -0.15) is 0 Å². The van der Waals surface area contributed by atoms with E-state index in [9.17, 15) is 4.79 Å². The van der Waals surface area contributed by atoms with Gasteiger partial charge in [0.05, 0.1) is 11.3 Å². The highest BCUT2D eigenvalue weighted by atomic mass is 16.5. The largest absolute Gasteiger partial charge is 0.474 e. The second-order valence-corrected chi connectivity index (χ2v) is 5.66. The first-order valence-corrected chi connectivity index (χ1v) is 7.75. The van der Waals surface area contributed by atoms with Crippen molar-refractivity contribution in [3.8, 4) is 5.88 Å². The lowest BCUT2D eigenvalue weighted by molar-refractivity contribution is 0.0924. The van der Waals surface area contributed by atoms with Crippen LogP contribution in [0.3, 0.4) is 0 Å². The van der Waals surface area contributed by atoms with Crippen LogP contribution in [-0.2, 0) is 6.54 Å². The summed E-state index contributed by atoms with van der Waals surface area (Å²) in [6.45, 7) is 2.82. The molecule has 0 spiro atoms. The molecule has 2 aromatic rings. The molecule has 1 saturated heterocycles. The lowest BCUT2D eigenvalue weighted by atomic mass is 10.1. The van der Waals surface area contributed by atoms with Gasteiger partial charge in [0, 0.05) is 38.1 Å². The van der Waals surface area contributed by atoms with Crippen molar-refractivity contribution in [1.82, 2.24) is 14.9 Å². The minimum atomic E-state index is -0.480. The minimum absolute atomic E-state index is 0.155. The number of hydrogen-bond donors (Lipinski definition) is 1. The SMILES string of the molecule is NC(=O)c1ccc(OC2CCN(Cc3ccccn3)CC2)nc1. The molecule has 2 aromatic heterocycles. The Balaban J connectivity index is 1.48. The molecule has 0 radical (unpaired) electrons. The fourth-order valence-electron chi connectivity index (χ4n) is 2.67. The van der Waals surface area contributed by atoms with Gasteiger partial charge in [0.15, 0.2) is 0 Å². The van der Waals surface area contributed by atoms with E-state index in [1.54, 1.807) is 12.1 Å². The van der Waals surface area contributed by atoms with Crippen molar-refractivity contribution in [2.45, 2.75) is 25.5 Å². The number of likely N-dealkylation sites (tertiary alicyclic amines) is 1. The van der Waals surface area contributed by atoms with Crippen LogP contribution >= 0.6 is 0 Å². The summed E-state index contributed by atoms with van der Waals surface area (Å²) in [5.74, 6) is 0.0602. The van der Waals surface area contributed by atoms with E-state index in [-0.39, 0.29) is 6.10 Å². The average Bonchev–Trinajstić information content (AvgIpc) is 2.58. The van der Waals surface area contributed by atoms with E-state index in [4.69, 9.17) is 10.5 Å². The molecule has 120 valence electrons. The molecule has 0 unspecified atom stereocenters. The molecular weight excluding hydrogens is 292 g/mol. The fourth-order valence-corrected chi connectivity index (χ4v) is 2.67. The zero-order valence-electron chi connectivity index (χ0n) is 12.9. The highest BCUT2D eigenvalue weighted by Crippen LogP contribution is 2.18. The Bertz CT molecular complexity index is 637. The fraction of sp³-hybridized carbons (Fsp3) is 0.353. The first-order valence-electron chi connectivity index (χ1n) is 7.75. The number of carbonyl (C=O) groups excluding carboxylic acids is 1. The highest BCUT2D eigenvalue weighted by molar-refractivity contribution is 5.92. The van der Waals surface area contributed by atoms with Crippen LogP contribution in [0.4, 0.5) is 0 Å². The summed E-state index contributed by atoms with van der Waals surface area (Å²) in [6.07, 6.45) is 5.33. The van der Waals surface area contributed by atoms with E-state index < -0.39 is 5.91 Å². The Morgan fingerprint density at radius 3 is 2.65 bits per heavy atom. The first kappa shape index (κ1) is 15.4. The number of primary amides is 1. The van der Waals surface area contributed by atoms with Crippen LogP contribution in [0.25, 0.3) is 0 Å². The predicted octanol–water partition coefficient (Wildman–Crippen LogP) is 1.62.